The number of aromatic nitrogens is 1. The third-order valence-electron chi connectivity index (χ3n) is 9.10. The lowest BCUT2D eigenvalue weighted by molar-refractivity contribution is -0.136. The summed E-state index contributed by atoms with van der Waals surface area (Å²) in [6.45, 7) is 3.96. The SMILES string of the molecule is O=C(Nc1ccc(C2SC(=Nc3ccc(N4CCOCC4)cc3)N(Cc3ccccn3)C2=O)cc1)[C@H]1CCCN1C(=O)Cc1ccccc1Cl. The molecule has 1 aromatic heterocycles. The molecule has 2 atom stereocenters. The van der Waals surface area contributed by atoms with Crippen molar-refractivity contribution >= 4 is 63.3 Å². The smallest absolute Gasteiger partial charge is 0.247 e. The molecule has 3 saturated heterocycles. The summed E-state index contributed by atoms with van der Waals surface area (Å²) in [6.07, 6.45) is 3.21. The second-order valence-corrected chi connectivity index (χ2v) is 13.9. The van der Waals surface area contributed by atoms with E-state index in [9.17, 15) is 14.4 Å². The summed E-state index contributed by atoms with van der Waals surface area (Å²) in [5, 5.41) is 3.61. The Balaban J connectivity index is 1.04. The number of likely N-dealkylation sites (tertiary alicyclic amines) is 1. The van der Waals surface area contributed by atoms with E-state index in [2.05, 4.69) is 27.3 Å². The largest absolute Gasteiger partial charge is 0.378 e. The maximum absolute atomic E-state index is 13.9. The normalized spacial score (nSPS) is 20.1. The fourth-order valence-corrected chi connectivity index (χ4v) is 7.81. The van der Waals surface area contributed by atoms with Crippen molar-refractivity contribution < 1.29 is 19.1 Å². The number of thioether (sulfide) groups is 1. The van der Waals surface area contributed by atoms with E-state index in [1.165, 1.54) is 11.8 Å². The first-order valence-corrected chi connectivity index (χ1v) is 18.0. The van der Waals surface area contributed by atoms with Gasteiger partial charge in [-0.05, 0) is 78.6 Å². The molecule has 1 unspecified atom stereocenters. The molecule has 0 bridgehead atoms. The summed E-state index contributed by atoms with van der Waals surface area (Å²) in [7, 11) is 0. The molecule has 256 valence electrons. The predicted molar refractivity (Wildman–Crippen MR) is 197 cm³/mol. The molecular weight excluding hydrogens is 672 g/mol. The number of aliphatic imine (C=N–C) groups is 1. The highest BCUT2D eigenvalue weighted by Gasteiger charge is 2.39. The number of pyridine rings is 1. The van der Waals surface area contributed by atoms with Crippen LogP contribution in [0.15, 0.2) is 102 Å². The summed E-state index contributed by atoms with van der Waals surface area (Å²) in [5.41, 5.74) is 4.78. The third kappa shape index (κ3) is 7.70. The maximum atomic E-state index is 13.9. The van der Waals surface area contributed by atoms with Gasteiger partial charge in [0, 0.05) is 42.2 Å². The number of hydrogen-bond acceptors (Lipinski definition) is 8. The van der Waals surface area contributed by atoms with Crippen molar-refractivity contribution in [3.8, 4) is 0 Å². The molecule has 4 heterocycles. The van der Waals surface area contributed by atoms with Gasteiger partial charge in [0.15, 0.2) is 5.17 Å². The number of nitrogens with zero attached hydrogens (tertiary/aromatic N) is 5. The quantitative estimate of drug-likeness (QED) is 0.219. The van der Waals surface area contributed by atoms with Crippen molar-refractivity contribution in [1.82, 2.24) is 14.8 Å². The van der Waals surface area contributed by atoms with E-state index in [-0.39, 0.29) is 24.1 Å². The van der Waals surface area contributed by atoms with Gasteiger partial charge in [-0.2, -0.15) is 0 Å². The van der Waals surface area contributed by atoms with Gasteiger partial charge in [-0.25, -0.2) is 4.99 Å². The highest BCUT2D eigenvalue weighted by molar-refractivity contribution is 8.15. The maximum Gasteiger partial charge on any atom is 0.247 e. The number of anilines is 2. The van der Waals surface area contributed by atoms with Gasteiger partial charge in [0.05, 0.1) is 37.6 Å². The molecule has 3 aliphatic heterocycles. The highest BCUT2D eigenvalue weighted by atomic mass is 35.5. The monoisotopic (exact) mass is 708 g/mol. The van der Waals surface area contributed by atoms with Gasteiger partial charge in [0.2, 0.25) is 17.7 Å². The van der Waals surface area contributed by atoms with E-state index < -0.39 is 11.3 Å². The van der Waals surface area contributed by atoms with Crippen molar-refractivity contribution in [3.63, 3.8) is 0 Å². The first-order valence-electron chi connectivity index (χ1n) is 16.8. The number of ether oxygens (including phenoxy) is 1. The van der Waals surface area contributed by atoms with Gasteiger partial charge in [0.25, 0.3) is 0 Å². The molecule has 10 nitrogen and oxygen atoms in total. The number of carbonyl (C=O) groups is 3. The summed E-state index contributed by atoms with van der Waals surface area (Å²) in [5.74, 6) is -0.437. The van der Waals surface area contributed by atoms with Crippen LogP contribution in [0.4, 0.5) is 17.1 Å². The van der Waals surface area contributed by atoms with Gasteiger partial charge in [-0.1, -0.05) is 59.8 Å². The molecule has 0 aliphatic carbocycles. The Morgan fingerprint density at radius 1 is 0.940 bits per heavy atom. The molecule has 7 rings (SSSR count). The zero-order valence-corrected chi connectivity index (χ0v) is 29.0. The number of morpholine rings is 1. The molecule has 3 amide bonds. The Hall–Kier alpha value is -4.71. The lowest BCUT2D eigenvalue weighted by Crippen LogP contribution is -2.43. The number of nitrogens with one attached hydrogen (secondary N) is 1. The van der Waals surface area contributed by atoms with Crippen molar-refractivity contribution in [2.24, 2.45) is 4.99 Å². The van der Waals surface area contributed by atoms with Crippen molar-refractivity contribution in [2.75, 3.05) is 43.1 Å². The van der Waals surface area contributed by atoms with Crippen LogP contribution in [-0.2, 0) is 32.1 Å². The second kappa shape index (κ2) is 15.5. The average Bonchev–Trinajstić information content (AvgIpc) is 3.76. The average molecular weight is 709 g/mol. The van der Waals surface area contributed by atoms with Crippen LogP contribution in [0.5, 0.6) is 0 Å². The Morgan fingerprint density at radius 3 is 2.44 bits per heavy atom. The molecule has 4 aromatic rings. The minimum atomic E-state index is -0.557. The lowest BCUT2D eigenvalue weighted by Gasteiger charge is -2.28. The van der Waals surface area contributed by atoms with Crippen LogP contribution < -0.4 is 10.2 Å². The first kappa shape index (κ1) is 33.8. The van der Waals surface area contributed by atoms with Crippen LogP contribution in [0.3, 0.4) is 0 Å². The number of halogens is 1. The number of carbonyl (C=O) groups excluding carboxylic acids is 3. The van der Waals surface area contributed by atoms with Gasteiger partial charge in [-0.15, -0.1) is 0 Å². The number of rotatable bonds is 9. The van der Waals surface area contributed by atoms with Crippen molar-refractivity contribution in [1.29, 1.82) is 0 Å². The van der Waals surface area contributed by atoms with Gasteiger partial charge in [0.1, 0.15) is 11.3 Å². The zero-order chi connectivity index (χ0) is 34.5. The lowest BCUT2D eigenvalue weighted by atomic mass is 10.1. The first-order chi connectivity index (χ1) is 24.4. The number of amides is 3. The van der Waals surface area contributed by atoms with Gasteiger partial charge < -0.3 is 19.9 Å². The summed E-state index contributed by atoms with van der Waals surface area (Å²) >= 11 is 7.68. The molecule has 0 spiro atoms. The van der Waals surface area contributed by atoms with Crippen LogP contribution in [-0.4, -0.2) is 76.6 Å². The molecule has 12 heteroatoms. The van der Waals surface area contributed by atoms with Gasteiger partial charge >= 0.3 is 0 Å². The van der Waals surface area contributed by atoms with Crippen LogP contribution in [0.2, 0.25) is 5.02 Å². The van der Waals surface area contributed by atoms with E-state index in [1.807, 2.05) is 60.7 Å². The van der Waals surface area contributed by atoms with Crippen LogP contribution in [0, 0.1) is 0 Å². The van der Waals surface area contributed by atoms with E-state index >= 15 is 0 Å². The van der Waals surface area contributed by atoms with Crippen LogP contribution in [0.1, 0.15) is 34.9 Å². The van der Waals surface area contributed by atoms with E-state index in [4.69, 9.17) is 21.3 Å². The van der Waals surface area contributed by atoms with Crippen LogP contribution >= 0.6 is 23.4 Å². The van der Waals surface area contributed by atoms with E-state index in [0.29, 0.717) is 48.6 Å². The minimum absolute atomic E-state index is 0.0836. The molecule has 3 aliphatic rings. The Morgan fingerprint density at radius 2 is 1.70 bits per heavy atom. The molecule has 0 saturated carbocycles. The fraction of sp³-hybridized carbons (Fsp3) is 0.289. The topological polar surface area (TPSA) is 107 Å². The molecule has 3 fully saturated rings. The second-order valence-electron chi connectivity index (χ2n) is 12.4. The number of benzene rings is 3. The molecule has 3 aromatic carbocycles. The molecule has 50 heavy (non-hydrogen) atoms. The van der Waals surface area contributed by atoms with E-state index in [1.54, 1.807) is 34.2 Å². The Labute approximate surface area is 300 Å². The summed E-state index contributed by atoms with van der Waals surface area (Å²) in [6, 6.07) is 27.7. The Kier molecular flexibility index (Phi) is 10.4. The fourth-order valence-electron chi connectivity index (χ4n) is 6.43. The van der Waals surface area contributed by atoms with Crippen molar-refractivity contribution in [3.05, 3.63) is 119 Å². The van der Waals surface area contributed by atoms with Crippen molar-refractivity contribution in [2.45, 2.75) is 37.1 Å². The molecule has 0 radical (unpaired) electrons. The van der Waals surface area contributed by atoms with Gasteiger partial charge in [-0.3, -0.25) is 24.3 Å². The Bertz CT molecular complexity index is 1870. The highest BCUT2D eigenvalue weighted by Crippen LogP contribution is 2.41. The number of amidine groups is 1. The minimum Gasteiger partial charge on any atom is -0.378 e. The zero-order valence-electron chi connectivity index (χ0n) is 27.4. The van der Waals surface area contributed by atoms with E-state index in [0.717, 1.165) is 47.7 Å². The molecule has 1 N–H and O–H groups in total. The standard InChI is InChI=1S/C38H37ClN6O4S/c39-32-8-2-1-6-27(32)24-34(46)44-19-5-9-33(44)36(47)41-28-12-10-26(11-13-28)35-37(48)45(25-30-7-3-4-18-40-30)38(50-35)42-29-14-16-31(17-15-29)43-20-22-49-23-21-43/h1-4,6-8,10-18,33,35H,5,9,19-25H2,(H,41,47)/t33-,35?/m1/s1. The summed E-state index contributed by atoms with van der Waals surface area (Å²) in [4.78, 5) is 55.4. The predicted octanol–water partition coefficient (Wildman–Crippen LogP) is 6.25. The number of hydrogen-bond donors (Lipinski definition) is 1. The third-order valence-corrected chi connectivity index (χ3v) is 10.7. The molecular formula is C38H37ClN6O4S. The van der Waals surface area contributed by atoms with Crippen LogP contribution in [0.25, 0.3) is 0 Å². The summed E-state index contributed by atoms with van der Waals surface area (Å²) < 4.78 is 5.48.